The maximum Gasteiger partial charge on any atom is 0.252 e. The Bertz CT molecular complexity index is 1400. The molecule has 3 fully saturated rings. The fourth-order valence-electron chi connectivity index (χ4n) is 6.99. The summed E-state index contributed by atoms with van der Waals surface area (Å²) in [6, 6.07) is 18.2. The highest BCUT2D eigenvalue weighted by Gasteiger charge is 2.30. The Morgan fingerprint density at radius 1 is 1.07 bits per heavy atom. The summed E-state index contributed by atoms with van der Waals surface area (Å²) >= 11 is 0. The van der Waals surface area contributed by atoms with Crippen molar-refractivity contribution in [2.75, 3.05) is 45.9 Å². The first-order chi connectivity index (χ1) is 21.1. The van der Waals surface area contributed by atoms with Crippen LogP contribution < -0.4 is 10.6 Å². The van der Waals surface area contributed by atoms with Gasteiger partial charge in [-0.1, -0.05) is 67.8 Å². The van der Waals surface area contributed by atoms with E-state index >= 15 is 0 Å². The quantitative estimate of drug-likeness (QED) is 0.382. The van der Waals surface area contributed by atoms with E-state index < -0.39 is 0 Å². The Balaban J connectivity index is 1.28. The Kier molecular flexibility index (Phi) is 9.66. The molecule has 8 heteroatoms. The highest BCUT2D eigenvalue weighted by Crippen LogP contribution is 2.33. The number of nitrogens with zero attached hydrogens (tertiary/aromatic N) is 3. The molecule has 0 bridgehead atoms. The number of para-hydroxylation sites is 1. The molecule has 228 valence electrons. The van der Waals surface area contributed by atoms with Gasteiger partial charge >= 0.3 is 0 Å². The molecule has 2 atom stereocenters. The molecule has 43 heavy (non-hydrogen) atoms. The fraction of sp³-hybridized carbons (Fsp3) is 0.514. The summed E-state index contributed by atoms with van der Waals surface area (Å²) in [4.78, 5) is 36.8. The summed E-state index contributed by atoms with van der Waals surface area (Å²) in [5.74, 6) is 0.584. The van der Waals surface area contributed by atoms with Crippen LogP contribution in [0.4, 0.5) is 0 Å². The van der Waals surface area contributed by atoms with E-state index in [0.717, 1.165) is 73.2 Å². The normalized spacial score (nSPS) is 21.2. The lowest BCUT2D eigenvalue weighted by atomic mass is 9.84. The number of pyridine rings is 1. The molecule has 3 aliphatic rings. The van der Waals surface area contributed by atoms with E-state index in [1.54, 1.807) is 0 Å². The number of benzene rings is 2. The summed E-state index contributed by atoms with van der Waals surface area (Å²) in [5.41, 5.74) is 4.17. The van der Waals surface area contributed by atoms with Crippen molar-refractivity contribution in [2.24, 2.45) is 5.92 Å². The molecule has 2 amide bonds. The van der Waals surface area contributed by atoms with Crippen LogP contribution in [0.2, 0.25) is 0 Å². The van der Waals surface area contributed by atoms with Gasteiger partial charge in [0.25, 0.3) is 5.91 Å². The molecule has 6 rings (SSSR count). The van der Waals surface area contributed by atoms with Crippen LogP contribution in [0.3, 0.4) is 0 Å². The maximum absolute atomic E-state index is 14.3. The smallest absolute Gasteiger partial charge is 0.252 e. The molecular formula is C35H45N5O3. The number of rotatable bonds is 9. The molecule has 1 aromatic heterocycles. The molecule has 0 spiro atoms. The van der Waals surface area contributed by atoms with E-state index in [9.17, 15) is 9.59 Å². The highest BCUT2D eigenvalue weighted by atomic mass is 16.5. The number of ether oxygens (including phenoxy) is 1. The van der Waals surface area contributed by atoms with E-state index in [4.69, 9.17) is 9.72 Å². The number of aromatic nitrogens is 1. The van der Waals surface area contributed by atoms with Gasteiger partial charge in [-0.2, -0.15) is 0 Å². The summed E-state index contributed by atoms with van der Waals surface area (Å²) < 4.78 is 5.84. The van der Waals surface area contributed by atoms with Crippen LogP contribution in [-0.4, -0.2) is 84.6 Å². The van der Waals surface area contributed by atoms with Crippen LogP contribution in [0.15, 0.2) is 54.6 Å². The largest absolute Gasteiger partial charge is 0.376 e. The first-order valence-electron chi connectivity index (χ1n) is 16.2. The summed E-state index contributed by atoms with van der Waals surface area (Å²) in [6.45, 7) is 7.54. The van der Waals surface area contributed by atoms with E-state index in [-0.39, 0.29) is 24.0 Å². The van der Waals surface area contributed by atoms with Gasteiger partial charge in [0.15, 0.2) is 0 Å². The summed E-state index contributed by atoms with van der Waals surface area (Å²) in [5, 5.41) is 7.63. The van der Waals surface area contributed by atoms with Crippen molar-refractivity contribution < 1.29 is 14.3 Å². The van der Waals surface area contributed by atoms with Gasteiger partial charge in [-0.3, -0.25) is 14.5 Å². The zero-order valence-corrected chi connectivity index (χ0v) is 25.4. The summed E-state index contributed by atoms with van der Waals surface area (Å²) in [7, 11) is 0. The van der Waals surface area contributed by atoms with Crippen molar-refractivity contribution in [3.63, 3.8) is 0 Å². The third-order valence-electron chi connectivity index (χ3n) is 9.49. The molecule has 8 nitrogen and oxygen atoms in total. The number of amides is 2. The average Bonchev–Trinajstić information content (AvgIpc) is 3.05. The Hall–Kier alpha value is -3.33. The molecule has 3 aromatic rings. The molecule has 1 aliphatic carbocycles. The molecule has 2 aliphatic heterocycles. The lowest BCUT2D eigenvalue weighted by Crippen LogP contribution is -2.51. The van der Waals surface area contributed by atoms with Crippen LogP contribution in [0.25, 0.3) is 22.2 Å². The second-order valence-corrected chi connectivity index (χ2v) is 12.4. The third kappa shape index (κ3) is 7.08. The molecule has 2 N–H and O–H groups in total. The van der Waals surface area contributed by atoms with E-state index in [1.807, 2.05) is 47.4 Å². The van der Waals surface area contributed by atoms with Gasteiger partial charge in [-0.05, 0) is 38.2 Å². The van der Waals surface area contributed by atoms with Crippen LogP contribution in [0.5, 0.6) is 0 Å². The monoisotopic (exact) mass is 583 g/mol. The molecule has 2 saturated heterocycles. The number of carbonyl (C=O) groups excluding carboxylic acids is 2. The van der Waals surface area contributed by atoms with Crippen molar-refractivity contribution in [3.8, 4) is 11.3 Å². The average molecular weight is 584 g/mol. The number of hydrogen-bond acceptors (Lipinski definition) is 6. The maximum atomic E-state index is 14.3. The van der Waals surface area contributed by atoms with Crippen molar-refractivity contribution in [1.82, 2.24) is 25.4 Å². The first-order valence-corrected chi connectivity index (χ1v) is 16.2. The predicted molar refractivity (Wildman–Crippen MR) is 170 cm³/mol. The SMILES string of the molecule is CC(NC(=O)c1c(CN2CCN(CC[C@H]3CNCCO3)C(=O)C2)c(-c2ccccc2)nc2ccccc12)C1CCCCC1. The fourth-order valence-corrected chi connectivity index (χ4v) is 6.99. The lowest BCUT2D eigenvalue weighted by Gasteiger charge is -2.36. The zero-order chi connectivity index (χ0) is 29.6. The van der Waals surface area contributed by atoms with E-state index in [0.29, 0.717) is 37.7 Å². The first kappa shape index (κ1) is 29.7. The Labute approximate surface area is 255 Å². The minimum atomic E-state index is -0.0464. The minimum Gasteiger partial charge on any atom is -0.376 e. The molecule has 0 radical (unpaired) electrons. The third-order valence-corrected chi connectivity index (χ3v) is 9.49. The zero-order valence-electron chi connectivity index (χ0n) is 25.4. The highest BCUT2D eigenvalue weighted by molar-refractivity contribution is 6.09. The van der Waals surface area contributed by atoms with Crippen molar-refractivity contribution >= 4 is 22.7 Å². The molecule has 1 unspecified atom stereocenters. The number of nitrogens with one attached hydrogen (secondary N) is 2. The van der Waals surface area contributed by atoms with E-state index in [2.05, 4.69) is 34.6 Å². The second kappa shape index (κ2) is 14.0. The van der Waals surface area contributed by atoms with Crippen LogP contribution in [0.1, 0.15) is 61.4 Å². The van der Waals surface area contributed by atoms with Crippen molar-refractivity contribution in [3.05, 3.63) is 65.7 Å². The van der Waals surface area contributed by atoms with Gasteiger partial charge in [-0.15, -0.1) is 0 Å². The molecular weight excluding hydrogens is 538 g/mol. The van der Waals surface area contributed by atoms with Crippen molar-refractivity contribution in [1.29, 1.82) is 0 Å². The number of hydrogen-bond donors (Lipinski definition) is 2. The number of morpholine rings is 1. The van der Waals surface area contributed by atoms with Crippen LogP contribution in [-0.2, 0) is 16.1 Å². The van der Waals surface area contributed by atoms with Gasteiger partial charge < -0.3 is 20.3 Å². The van der Waals surface area contributed by atoms with Gasteiger partial charge in [0, 0.05) is 61.8 Å². The van der Waals surface area contributed by atoms with Crippen molar-refractivity contribution in [2.45, 2.75) is 64.1 Å². The summed E-state index contributed by atoms with van der Waals surface area (Å²) in [6.07, 6.45) is 7.08. The van der Waals surface area contributed by atoms with Gasteiger partial charge in [0.2, 0.25) is 5.91 Å². The van der Waals surface area contributed by atoms with E-state index in [1.165, 1.54) is 19.3 Å². The minimum absolute atomic E-state index is 0.0464. The topological polar surface area (TPSA) is 86.8 Å². The van der Waals surface area contributed by atoms with Crippen LogP contribution in [0, 0.1) is 5.92 Å². The van der Waals surface area contributed by atoms with Gasteiger partial charge in [0.05, 0.1) is 36.0 Å². The van der Waals surface area contributed by atoms with Crippen LogP contribution >= 0.6 is 0 Å². The van der Waals surface area contributed by atoms with Gasteiger partial charge in [0.1, 0.15) is 0 Å². The van der Waals surface area contributed by atoms with Gasteiger partial charge in [-0.25, -0.2) is 4.98 Å². The predicted octanol–water partition coefficient (Wildman–Crippen LogP) is 4.62. The number of fused-ring (bicyclic) bond motifs is 1. The molecule has 3 heterocycles. The lowest BCUT2D eigenvalue weighted by molar-refractivity contribution is -0.136. The standard InChI is InChI=1S/C35H45N5O3/c1-25(26-10-4-2-5-11-26)37-35(42)33-29-14-8-9-15-31(29)38-34(27-12-6-3-7-13-27)30(33)23-39-19-20-40(32(41)24-39)18-16-28-22-36-17-21-43-28/h3,6-9,12-15,25-26,28,36H,2,4-5,10-11,16-24H2,1H3,(H,37,42)/t25?,28-/m0/s1. The molecule has 2 aromatic carbocycles. The second-order valence-electron chi connectivity index (χ2n) is 12.4. The number of carbonyl (C=O) groups is 2. The Morgan fingerprint density at radius 2 is 1.86 bits per heavy atom. The Morgan fingerprint density at radius 3 is 2.63 bits per heavy atom. The number of piperazine rings is 1. The molecule has 1 saturated carbocycles.